The van der Waals surface area contributed by atoms with E-state index in [1.54, 1.807) is 38.1 Å². The molecule has 3 N–H and O–H groups in total. The van der Waals surface area contributed by atoms with Crippen molar-refractivity contribution in [2.24, 2.45) is 0 Å². The van der Waals surface area contributed by atoms with E-state index in [0.717, 1.165) is 0 Å². The predicted molar refractivity (Wildman–Crippen MR) is 108 cm³/mol. The molecule has 2 aromatic heterocycles. The molecule has 0 amide bonds. The van der Waals surface area contributed by atoms with Crippen molar-refractivity contribution in [3.63, 3.8) is 0 Å². The van der Waals surface area contributed by atoms with E-state index < -0.39 is 11.6 Å². The molecule has 0 saturated carbocycles. The van der Waals surface area contributed by atoms with Gasteiger partial charge in [0.25, 0.3) is 0 Å². The average molecular weight is 396 g/mol. The van der Waals surface area contributed by atoms with E-state index in [1.165, 1.54) is 13.2 Å². The van der Waals surface area contributed by atoms with Crippen molar-refractivity contribution >= 4 is 34.2 Å². The SMILES string of the molecule is [2H]c1nc(Nc2cc(C)c(F)c(OC)c2)nc(Nc2ccc3oc(=O)[nH]c3c2)c1C. The summed E-state index contributed by atoms with van der Waals surface area (Å²) < 4.78 is 32.2. The smallest absolute Gasteiger partial charge is 0.417 e. The third-order valence-electron chi connectivity index (χ3n) is 4.28. The largest absolute Gasteiger partial charge is 0.494 e. The molecule has 0 radical (unpaired) electrons. The Morgan fingerprint density at radius 3 is 2.79 bits per heavy atom. The summed E-state index contributed by atoms with van der Waals surface area (Å²) in [4.78, 5) is 22.5. The van der Waals surface area contributed by atoms with E-state index in [0.29, 0.717) is 39.4 Å². The first kappa shape index (κ1) is 17.2. The molecule has 29 heavy (non-hydrogen) atoms. The first-order valence-electron chi connectivity index (χ1n) is 9.20. The number of nitrogens with zero attached hydrogens (tertiary/aromatic N) is 2. The Bertz CT molecular complexity index is 1320. The molecule has 0 fully saturated rings. The first-order valence-corrected chi connectivity index (χ1v) is 8.70. The zero-order chi connectivity index (χ0) is 21.4. The fraction of sp³-hybridized carbons (Fsp3) is 0.150. The molecule has 0 saturated heterocycles. The van der Waals surface area contributed by atoms with Crippen LogP contribution in [0.3, 0.4) is 0 Å². The lowest BCUT2D eigenvalue weighted by atomic mass is 10.2. The predicted octanol–water partition coefficient (Wildman–Crippen LogP) is 4.16. The van der Waals surface area contributed by atoms with Gasteiger partial charge in [0.15, 0.2) is 17.1 Å². The van der Waals surface area contributed by atoms with Gasteiger partial charge < -0.3 is 19.8 Å². The van der Waals surface area contributed by atoms with Crippen LogP contribution >= 0.6 is 0 Å². The molecule has 0 aliphatic rings. The van der Waals surface area contributed by atoms with Crippen LogP contribution in [0.4, 0.5) is 27.5 Å². The maximum atomic E-state index is 14.0. The van der Waals surface area contributed by atoms with Gasteiger partial charge in [0.05, 0.1) is 14.0 Å². The number of fused-ring (bicyclic) bond motifs is 1. The highest BCUT2D eigenvalue weighted by atomic mass is 19.1. The van der Waals surface area contributed by atoms with Crippen LogP contribution in [0.1, 0.15) is 12.5 Å². The molecule has 0 spiro atoms. The highest BCUT2D eigenvalue weighted by Crippen LogP contribution is 2.28. The van der Waals surface area contributed by atoms with Crippen LogP contribution in [-0.4, -0.2) is 22.1 Å². The standard InChI is InChI=1S/C20H18FN5O3/c1-10-6-13(8-16(28-3)17(10)21)24-19-22-9-11(2)18(26-19)23-12-4-5-15-14(7-12)25-20(27)29-15/h4-9H,1-3H3,(H,25,27)(H2,22,23,24,26)/i9D. The average Bonchev–Trinajstić information content (AvgIpc) is 3.07. The number of aromatic nitrogens is 3. The van der Waals surface area contributed by atoms with Crippen molar-refractivity contribution in [1.29, 1.82) is 0 Å². The number of anilines is 4. The third kappa shape index (κ3) is 3.75. The summed E-state index contributed by atoms with van der Waals surface area (Å²) in [5.74, 6) is -0.307. The number of hydrogen-bond acceptors (Lipinski definition) is 7. The minimum Gasteiger partial charge on any atom is -0.494 e. The summed E-state index contributed by atoms with van der Waals surface area (Å²) in [5, 5.41) is 6.11. The molecule has 8 nitrogen and oxygen atoms in total. The van der Waals surface area contributed by atoms with Crippen LogP contribution < -0.4 is 21.1 Å². The van der Waals surface area contributed by atoms with Gasteiger partial charge in [-0.15, -0.1) is 0 Å². The lowest BCUT2D eigenvalue weighted by molar-refractivity contribution is 0.385. The van der Waals surface area contributed by atoms with E-state index in [2.05, 4.69) is 25.6 Å². The number of aromatic amines is 1. The van der Waals surface area contributed by atoms with Crippen molar-refractivity contribution in [1.82, 2.24) is 15.0 Å². The highest BCUT2D eigenvalue weighted by molar-refractivity contribution is 5.78. The molecule has 2 heterocycles. The van der Waals surface area contributed by atoms with Crippen molar-refractivity contribution in [3.8, 4) is 5.75 Å². The number of halogens is 1. The van der Waals surface area contributed by atoms with Crippen LogP contribution in [0.2, 0.25) is 0 Å². The second-order valence-electron chi connectivity index (χ2n) is 6.42. The monoisotopic (exact) mass is 396 g/mol. The lowest BCUT2D eigenvalue weighted by Gasteiger charge is -2.12. The van der Waals surface area contributed by atoms with E-state index in [1.807, 2.05) is 0 Å². The molecule has 0 atom stereocenters. The Morgan fingerprint density at radius 2 is 2.00 bits per heavy atom. The van der Waals surface area contributed by atoms with E-state index >= 15 is 0 Å². The fourth-order valence-electron chi connectivity index (χ4n) is 2.84. The minimum atomic E-state index is -0.537. The quantitative estimate of drug-likeness (QED) is 0.465. The zero-order valence-electron chi connectivity index (χ0n) is 16.9. The third-order valence-corrected chi connectivity index (χ3v) is 4.28. The number of nitrogens with one attached hydrogen (secondary N) is 3. The fourth-order valence-corrected chi connectivity index (χ4v) is 2.84. The molecule has 0 bridgehead atoms. The second kappa shape index (κ2) is 7.27. The first-order chi connectivity index (χ1) is 14.3. The van der Waals surface area contributed by atoms with Crippen LogP contribution in [0.25, 0.3) is 11.1 Å². The van der Waals surface area contributed by atoms with E-state index in [4.69, 9.17) is 10.5 Å². The maximum absolute atomic E-state index is 14.0. The highest BCUT2D eigenvalue weighted by Gasteiger charge is 2.11. The molecular formula is C20H18FN5O3. The number of ether oxygens (including phenoxy) is 1. The van der Waals surface area contributed by atoms with Gasteiger partial charge in [-0.25, -0.2) is 14.2 Å². The second-order valence-corrected chi connectivity index (χ2v) is 6.42. The summed E-state index contributed by atoms with van der Waals surface area (Å²) in [6.45, 7) is 3.34. The lowest BCUT2D eigenvalue weighted by Crippen LogP contribution is -2.03. The molecule has 4 aromatic rings. The molecule has 0 unspecified atom stereocenters. The number of rotatable bonds is 5. The van der Waals surface area contributed by atoms with Crippen molar-refractivity contribution < 1.29 is 14.9 Å². The van der Waals surface area contributed by atoms with Crippen molar-refractivity contribution in [3.05, 3.63) is 64.0 Å². The van der Waals surface area contributed by atoms with Gasteiger partial charge in [-0.05, 0) is 43.7 Å². The Labute approximate surface area is 166 Å². The zero-order valence-corrected chi connectivity index (χ0v) is 15.9. The number of H-pyrrole nitrogens is 1. The Morgan fingerprint density at radius 1 is 1.17 bits per heavy atom. The van der Waals surface area contributed by atoms with Gasteiger partial charge in [-0.2, -0.15) is 4.98 Å². The van der Waals surface area contributed by atoms with Crippen molar-refractivity contribution in [2.75, 3.05) is 17.7 Å². The summed E-state index contributed by atoms with van der Waals surface area (Å²) in [6.07, 6.45) is 0.0265. The number of aryl methyl sites for hydroxylation is 1. The van der Waals surface area contributed by atoms with Crippen LogP contribution in [0.15, 0.2) is 45.7 Å². The number of hydrogen-bond donors (Lipinski definition) is 3. The van der Waals surface area contributed by atoms with Crippen LogP contribution in [-0.2, 0) is 0 Å². The Balaban J connectivity index is 1.66. The van der Waals surface area contributed by atoms with Crippen LogP contribution in [0.5, 0.6) is 5.75 Å². The maximum Gasteiger partial charge on any atom is 0.417 e. The molecule has 0 aliphatic heterocycles. The summed E-state index contributed by atoms with van der Waals surface area (Å²) in [7, 11) is 1.39. The molecule has 4 rings (SSSR count). The van der Waals surface area contributed by atoms with Gasteiger partial charge in [0.2, 0.25) is 5.95 Å². The van der Waals surface area contributed by atoms with Gasteiger partial charge in [0, 0.05) is 29.2 Å². The number of methoxy groups -OCH3 is 1. The molecule has 2 aromatic carbocycles. The van der Waals surface area contributed by atoms with Gasteiger partial charge >= 0.3 is 5.76 Å². The van der Waals surface area contributed by atoms with Gasteiger partial charge in [-0.3, -0.25) is 4.98 Å². The number of benzene rings is 2. The molecule has 0 aliphatic carbocycles. The molecule has 9 heteroatoms. The molecule has 148 valence electrons. The van der Waals surface area contributed by atoms with Gasteiger partial charge in [-0.1, -0.05) is 0 Å². The summed E-state index contributed by atoms with van der Waals surface area (Å²) in [6, 6.07) is 8.17. The summed E-state index contributed by atoms with van der Waals surface area (Å²) >= 11 is 0. The Kier molecular flexibility index (Phi) is 4.32. The topological polar surface area (TPSA) is 105 Å². The summed E-state index contributed by atoms with van der Waals surface area (Å²) in [5.41, 5.74) is 3.08. The van der Waals surface area contributed by atoms with E-state index in [9.17, 15) is 9.18 Å². The van der Waals surface area contributed by atoms with Crippen molar-refractivity contribution in [2.45, 2.75) is 13.8 Å². The number of oxazole rings is 1. The minimum absolute atomic E-state index is 0.0265. The van der Waals surface area contributed by atoms with Gasteiger partial charge in [0.1, 0.15) is 5.82 Å². The Hall–Kier alpha value is -3.88. The normalized spacial score (nSPS) is 11.4. The van der Waals surface area contributed by atoms with Crippen LogP contribution in [0, 0.1) is 19.7 Å². The van der Waals surface area contributed by atoms with E-state index in [-0.39, 0.29) is 17.9 Å². The molecular weight excluding hydrogens is 377 g/mol.